The quantitative estimate of drug-likeness (QED) is 0.816. The van der Waals surface area contributed by atoms with Crippen molar-refractivity contribution in [3.8, 4) is 0 Å². The highest BCUT2D eigenvalue weighted by atomic mass is 32.2. The molecule has 1 saturated heterocycles. The average Bonchev–Trinajstić information content (AvgIpc) is 3.07. The number of aromatic nitrogens is 2. The Hall–Kier alpha value is -2.13. The SMILES string of the molecule is Cc1nnc(NC(=O)[C@H](Cc2ccccc2)NC(=O)N2CCSCC2)s1. The summed E-state index contributed by atoms with van der Waals surface area (Å²) in [5.74, 6) is 1.56. The van der Waals surface area contributed by atoms with Gasteiger partial charge in [0.1, 0.15) is 11.0 Å². The molecular weight excluding hydrogens is 370 g/mol. The fraction of sp³-hybridized carbons (Fsp3) is 0.412. The topological polar surface area (TPSA) is 87.2 Å². The van der Waals surface area contributed by atoms with Crippen LogP contribution in [0.3, 0.4) is 0 Å². The third kappa shape index (κ3) is 5.18. The molecule has 2 heterocycles. The minimum absolute atomic E-state index is 0.199. The fourth-order valence-corrected chi connectivity index (χ4v) is 4.10. The largest absolute Gasteiger partial charge is 0.326 e. The Balaban J connectivity index is 1.69. The molecule has 0 aliphatic carbocycles. The Morgan fingerprint density at radius 1 is 1.19 bits per heavy atom. The number of amides is 3. The Labute approximate surface area is 160 Å². The molecule has 1 aromatic heterocycles. The van der Waals surface area contributed by atoms with Crippen LogP contribution in [0.4, 0.5) is 9.93 Å². The van der Waals surface area contributed by atoms with Gasteiger partial charge in [-0.3, -0.25) is 10.1 Å². The van der Waals surface area contributed by atoms with Gasteiger partial charge in [0.2, 0.25) is 11.0 Å². The lowest BCUT2D eigenvalue weighted by molar-refractivity contribution is -0.118. The molecular formula is C17H21N5O2S2. The summed E-state index contributed by atoms with van der Waals surface area (Å²) in [5, 5.41) is 14.7. The molecule has 1 aliphatic heterocycles. The van der Waals surface area contributed by atoms with E-state index in [-0.39, 0.29) is 11.9 Å². The number of aryl methyl sites for hydroxylation is 1. The molecule has 7 nitrogen and oxygen atoms in total. The highest BCUT2D eigenvalue weighted by Gasteiger charge is 2.25. The van der Waals surface area contributed by atoms with Gasteiger partial charge in [-0.05, 0) is 12.5 Å². The number of carbonyl (C=O) groups excluding carboxylic acids is 2. The summed E-state index contributed by atoms with van der Waals surface area (Å²) in [5.41, 5.74) is 0.982. The lowest BCUT2D eigenvalue weighted by Gasteiger charge is -2.28. The molecule has 3 amide bonds. The normalized spacial score (nSPS) is 15.3. The molecule has 1 atom stereocenters. The lowest BCUT2D eigenvalue weighted by Crippen LogP contribution is -2.52. The molecule has 0 radical (unpaired) electrons. The van der Waals surface area contributed by atoms with Crippen LogP contribution in [-0.2, 0) is 11.2 Å². The van der Waals surface area contributed by atoms with Gasteiger partial charge in [0.05, 0.1) is 0 Å². The molecule has 0 spiro atoms. The van der Waals surface area contributed by atoms with Crippen molar-refractivity contribution in [3.05, 3.63) is 40.9 Å². The number of benzene rings is 1. The number of hydrogen-bond donors (Lipinski definition) is 2. The number of thioether (sulfide) groups is 1. The summed E-state index contributed by atoms with van der Waals surface area (Å²) in [7, 11) is 0. The van der Waals surface area contributed by atoms with Crippen molar-refractivity contribution in [1.82, 2.24) is 20.4 Å². The Morgan fingerprint density at radius 2 is 1.92 bits per heavy atom. The number of hydrogen-bond acceptors (Lipinski definition) is 6. The van der Waals surface area contributed by atoms with Crippen LogP contribution >= 0.6 is 23.1 Å². The Kier molecular flexibility index (Phi) is 6.45. The highest BCUT2D eigenvalue weighted by Crippen LogP contribution is 2.15. The van der Waals surface area contributed by atoms with Crippen LogP contribution in [0.5, 0.6) is 0 Å². The number of nitrogens with zero attached hydrogens (tertiary/aromatic N) is 3. The van der Waals surface area contributed by atoms with E-state index in [1.165, 1.54) is 11.3 Å². The zero-order valence-electron chi connectivity index (χ0n) is 14.5. The third-order valence-electron chi connectivity index (χ3n) is 3.95. The van der Waals surface area contributed by atoms with E-state index in [0.717, 1.165) is 22.1 Å². The first-order valence-corrected chi connectivity index (χ1v) is 10.4. The van der Waals surface area contributed by atoms with E-state index in [1.807, 2.05) is 49.0 Å². The second kappa shape index (κ2) is 9.00. The first-order valence-electron chi connectivity index (χ1n) is 8.40. The summed E-state index contributed by atoms with van der Waals surface area (Å²) in [6.07, 6.45) is 0.415. The summed E-state index contributed by atoms with van der Waals surface area (Å²) < 4.78 is 0. The van der Waals surface area contributed by atoms with E-state index in [9.17, 15) is 9.59 Å². The summed E-state index contributed by atoms with van der Waals surface area (Å²) in [6.45, 7) is 3.22. The maximum absolute atomic E-state index is 12.7. The second-order valence-electron chi connectivity index (χ2n) is 5.91. The van der Waals surface area contributed by atoms with Gasteiger partial charge in [0.15, 0.2) is 0 Å². The molecule has 26 heavy (non-hydrogen) atoms. The Morgan fingerprint density at radius 3 is 2.58 bits per heavy atom. The zero-order valence-corrected chi connectivity index (χ0v) is 16.1. The van der Waals surface area contributed by atoms with Gasteiger partial charge >= 0.3 is 6.03 Å². The fourth-order valence-electron chi connectivity index (χ4n) is 2.61. The molecule has 0 bridgehead atoms. The van der Waals surface area contributed by atoms with Crippen molar-refractivity contribution in [3.63, 3.8) is 0 Å². The van der Waals surface area contributed by atoms with Gasteiger partial charge in [0.25, 0.3) is 0 Å². The van der Waals surface area contributed by atoms with Crippen molar-refractivity contribution < 1.29 is 9.59 Å². The number of rotatable bonds is 5. The van der Waals surface area contributed by atoms with E-state index in [4.69, 9.17) is 0 Å². The van der Waals surface area contributed by atoms with Crippen LogP contribution in [0.25, 0.3) is 0 Å². The van der Waals surface area contributed by atoms with Gasteiger partial charge < -0.3 is 10.2 Å². The Bertz CT molecular complexity index is 747. The predicted molar refractivity (Wildman–Crippen MR) is 105 cm³/mol. The standard InChI is InChI=1S/C17H21N5O2S2/c1-12-20-21-16(26-12)19-15(23)14(11-13-5-3-2-4-6-13)18-17(24)22-7-9-25-10-8-22/h2-6,14H,7-11H2,1H3,(H,18,24)(H,19,21,23)/t14-/m0/s1. The van der Waals surface area contributed by atoms with Crippen molar-refractivity contribution >= 4 is 40.2 Å². The minimum Gasteiger partial charge on any atom is -0.326 e. The first-order chi connectivity index (χ1) is 12.6. The number of anilines is 1. The smallest absolute Gasteiger partial charge is 0.318 e. The summed E-state index contributed by atoms with van der Waals surface area (Å²) in [4.78, 5) is 27.1. The van der Waals surface area contributed by atoms with Crippen LogP contribution in [0.15, 0.2) is 30.3 Å². The van der Waals surface area contributed by atoms with Crippen LogP contribution in [0.2, 0.25) is 0 Å². The van der Waals surface area contributed by atoms with Crippen molar-refractivity contribution in [2.45, 2.75) is 19.4 Å². The molecule has 2 aromatic rings. The summed E-state index contributed by atoms with van der Waals surface area (Å²) in [6, 6.07) is 8.77. The average molecular weight is 392 g/mol. The van der Waals surface area contributed by atoms with Gasteiger partial charge in [-0.1, -0.05) is 41.7 Å². The van der Waals surface area contributed by atoms with Crippen LogP contribution < -0.4 is 10.6 Å². The van der Waals surface area contributed by atoms with Crippen LogP contribution in [0, 0.1) is 6.92 Å². The zero-order chi connectivity index (χ0) is 18.4. The van der Waals surface area contributed by atoms with E-state index >= 15 is 0 Å². The van der Waals surface area contributed by atoms with Gasteiger partial charge in [-0.15, -0.1) is 10.2 Å². The highest BCUT2D eigenvalue weighted by molar-refractivity contribution is 7.99. The van der Waals surface area contributed by atoms with E-state index < -0.39 is 6.04 Å². The molecule has 3 rings (SSSR count). The number of carbonyl (C=O) groups is 2. The maximum atomic E-state index is 12.7. The van der Waals surface area contributed by atoms with Crippen molar-refractivity contribution in [2.75, 3.05) is 29.9 Å². The molecule has 0 unspecified atom stereocenters. The van der Waals surface area contributed by atoms with Crippen molar-refractivity contribution in [1.29, 1.82) is 0 Å². The number of urea groups is 1. The van der Waals surface area contributed by atoms with Crippen molar-refractivity contribution in [2.24, 2.45) is 0 Å². The predicted octanol–water partition coefficient (Wildman–Crippen LogP) is 2.15. The molecule has 1 fully saturated rings. The molecule has 138 valence electrons. The van der Waals surface area contributed by atoms with Gasteiger partial charge in [0, 0.05) is 31.0 Å². The summed E-state index contributed by atoms with van der Waals surface area (Å²) >= 11 is 3.14. The van der Waals surface area contributed by atoms with Crippen LogP contribution in [0.1, 0.15) is 10.6 Å². The van der Waals surface area contributed by atoms with Gasteiger partial charge in [-0.25, -0.2) is 4.79 Å². The van der Waals surface area contributed by atoms with Gasteiger partial charge in [-0.2, -0.15) is 11.8 Å². The van der Waals surface area contributed by atoms with Crippen LogP contribution in [-0.4, -0.2) is 57.7 Å². The first kappa shape index (κ1) is 18.7. The molecule has 1 aliphatic rings. The molecule has 9 heteroatoms. The molecule has 2 N–H and O–H groups in total. The molecule has 0 saturated carbocycles. The van der Waals surface area contributed by atoms with E-state index in [2.05, 4.69) is 20.8 Å². The lowest BCUT2D eigenvalue weighted by atomic mass is 10.1. The third-order valence-corrected chi connectivity index (χ3v) is 5.65. The minimum atomic E-state index is -0.677. The van der Waals surface area contributed by atoms with E-state index in [1.54, 1.807) is 4.90 Å². The number of nitrogens with one attached hydrogen (secondary N) is 2. The second-order valence-corrected chi connectivity index (χ2v) is 8.31. The molecule has 1 aromatic carbocycles. The monoisotopic (exact) mass is 391 g/mol. The maximum Gasteiger partial charge on any atom is 0.318 e. The van der Waals surface area contributed by atoms with E-state index in [0.29, 0.717) is 24.6 Å².